The highest BCUT2D eigenvalue weighted by molar-refractivity contribution is 9.10. The summed E-state index contributed by atoms with van der Waals surface area (Å²) < 4.78 is 6.49. The summed E-state index contributed by atoms with van der Waals surface area (Å²) in [7, 11) is 0. The minimum Gasteiger partial charge on any atom is -0.379 e. The van der Waals surface area contributed by atoms with Crippen LogP contribution in [0.5, 0.6) is 0 Å². The van der Waals surface area contributed by atoms with Crippen LogP contribution in [0.3, 0.4) is 0 Å². The first-order valence-electron chi connectivity index (χ1n) is 7.96. The van der Waals surface area contributed by atoms with Crippen molar-refractivity contribution in [3.8, 4) is 0 Å². The molecule has 1 aliphatic rings. The molecule has 0 radical (unpaired) electrons. The van der Waals surface area contributed by atoms with Crippen LogP contribution in [-0.2, 0) is 4.74 Å². The van der Waals surface area contributed by atoms with Crippen LogP contribution in [-0.4, -0.2) is 42.7 Å². The summed E-state index contributed by atoms with van der Waals surface area (Å²) in [4.78, 5) is 6.89. The minimum absolute atomic E-state index is 0.324. The molecule has 1 aromatic carbocycles. The van der Waals surface area contributed by atoms with Crippen LogP contribution in [0.1, 0.15) is 17.2 Å². The maximum Gasteiger partial charge on any atom is 0.126 e. The summed E-state index contributed by atoms with van der Waals surface area (Å²) in [5, 5.41) is 3.47. The fourth-order valence-corrected chi connectivity index (χ4v) is 3.05. The van der Waals surface area contributed by atoms with E-state index in [0.717, 1.165) is 43.1 Å². The Labute approximate surface area is 146 Å². The molecule has 23 heavy (non-hydrogen) atoms. The molecule has 1 aromatic heterocycles. The van der Waals surface area contributed by atoms with Crippen LogP contribution in [0.2, 0.25) is 0 Å². The Bertz CT molecular complexity index is 609. The molecule has 0 aliphatic carbocycles. The molecule has 1 fully saturated rings. The Morgan fingerprint density at radius 2 is 1.91 bits per heavy atom. The fraction of sp³-hybridized carbons (Fsp3) is 0.389. The van der Waals surface area contributed by atoms with Gasteiger partial charge in [0.15, 0.2) is 0 Å². The first-order chi connectivity index (χ1) is 11.2. The van der Waals surface area contributed by atoms with E-state index in [-0.39, 0.29) is 0 Å². The average molecular weight is 376 g/mol. The lowest BCUT2D eigenvalue weighted by molar-refractivity contribution is 0.0187. The molecule has 0 amide bonds. The van der Waals surface area contributed by atoms with E-state index in [1.54, 1.807) is 0 Å². The van der Waals surface area contributed by atoms with E-state index in [2.05, 4.69) is 62.3 Å². The quantitative estimate of drug-likeness (QED) is 0.865. The number of nitrogens with one attached hydrogen (secondary N) is 1. The largest absolute Gasteiger partial charge is 0.379 e. The predicted octanol–water partition coefficient (Wildman–Crippen LogP) is 3.64. The molecule has 1 aliphatic heterocycles. The van der Waals surface area contributed by atoms with Crippen molar-refractivity contribution < 1.29 is 4.74 Å². The first-order valence-corrected chi connectivity index (χ1v) is 8.75. The van der Waals surface area contributed by atoms with E-state index in [9.17, 15) is 0 Å². The number of anilines is 1. The van der Waals surface area contributed by atoms with Gasteiger partial charge in [-0.1, -0.05) is 29.8 Å². The molecule has 1 N–H and O–H groups in total. The topological polar surface area (TPSA) is 37.4 Å². The van der Waals surface area contributed by atoms with E-state index < -0.39 is 0 Å². The van der Waals surface area contributed by atoms with Crippen LogP contribution in [0, 0.1) is 6.92 Å². The molecule has 2 heterocycles. The molecule has 122 valence electrons. The first kappa shape index (κ1) is 16.4. The number of benzene rings is 1. The second-order valence-corrected chi connectivity index (χ2v) is 6.73. The number of hydrogen-bond acceptors (Lipinski definition) is 4. The molecule has 0 saturated carbocycles. The van der Waals surface area contributed by atoms with Gasteiger partial charge in [0.2, 0.25) is 0 Å². The summed E-state index contributed by atoms with van der Waals surface area (Å²) in [6.07, 6.45) is 1.82. The Balaban J connectivity index is 1.74. The molecule has 1 atom stereocenters. The van der Waals surface area contributed by atoms with Crippen LogP contribution in [0.25, 0.3) is 0 Å². The molecular formula is C18H22BrN3O. The molecule has 4 nitrogen and oxygen atoms in total. The lowest BCUT2D eigenvalue weighted by Gasteiger charge is -2.35. The van der Waals surface area contributed by atoms with Gasteiger partial charge in [-0.2, -0.15) is 0 Å². The number of nitrogens with zero attached hydrogens (tertiary/aromatic N) is 2. The van der Waals surface area contributed by atoms with E-state index in [1.165, 1.54) is 11.1 Å². The second kappa shape index (κ2) is 7.90. The summed E-state index contributed by atoms with van der Waals surface area (Å²) >= 11 is 3.42. The molecule has 0 spiro atoms. The number of halogens is 1. The number of rotatable bonds is 5. The van der Waals surface area contributed by atoms with Gasteiger partial charge >= 0.3 is 0 Å². The van der Waals surface area contributed by atoms with Crippen molar-refractivity contribution in [3.05, 3.63) is 58.2 Å². The van der Waals surface area contributed by atoms with Crippen LogP contribution in [0.4, 0.5) is 5.82 Å². The predicted molar refractivity (Wildman–Crippen MR) is 96.7 cm³/mol. The lowest BCUT2D eigenvalue weighted by atomic mass is 10.0. The summed E-state index contributed by atoms with van der Waals surface area (Å²) in [5.74, 6) is 0.901. The molecule has 3 rings (SSSR count). The molecule has 1 unspecified atom stereocenters. The van der Waals surface area contributed by atoms with Gasteiger partial charge in [-0.25, -0.2) is 4.98 Å². The maximum absolute atomic E-state index is 5.50. The SMILES string of the molecule is Cc1ccc(C(CNc2ccc(Br)cn2)N2CCOCC2)cc1. The Kier molecular flexibility index (Phi) is 5.65. The Morgan fingerprint density at radius 1 is 1.17 bits per heavy atom. The number of morpholine rings is 1. The van der Waals surface area contributed by atoms with Crippen LogP contribution in [0.15, 0.2) is 47.1 Å². The minimum atomic E-state index is 0.324. The van der Waals surface area contributed by atoms with E-state index in [1.807, 2.05) is 18.3 Å². The zero-order chi connectivity index (χ0) is 16.1. The lowest BCUT2D eigenvalue weighted by Crippen LogP contribution is -2.41. The normalized spacial score (nSPS) is 17.0. The second-order valence-electron chi connectivity index (χ2n) is 5.82. The summed E-state index contributed by atoms with van der Waals surface area (Å²) in [6.45, 7) is 6.50. The highest BCUT2D eigenvalue weighted by Gasteiger charge is 2.22. The molecule has 2 aromatic rings. The highest BCUT2D eigenvalue weighted by Crippen LogP contribution is 2.23. The van der Waals surface area contributed by atoms with E-state index in [4.69, 9.17) is 4.74 Å². The maximum atomic E-state index is 5.50. The van der Waals surface area contributed by atoms with Gasteiger partial charge in [-0.15, -0.1) is 0 Å². The number of ether oxygens (including phenoxy) is 1. The average Bonchev–Trinajstić information content (AvgIpc) is 2.59. The number of pyridine rings is 1. The van der Waals surface area contributed by atoms with Gasteiger partial charge in [0.1, 0.15) is 5.82 Å². The standard InChI is InChI=1S/C18H22BrN3O/c1-14-2-4-15(5-3-14)17(22-8-10-23-11-9-22)13-21-18-7-6-16(19)12-20-18/h2-7,12,17H,8-11,13H2,1H3,(H,20,21). The van der Waals surface area contributed by atoms with Gasteiger partial charge in [-0.05, 0) is 40.5 Å². The van der Waals surface area contributed by atoms with Crippen LogP contribution >= 0.6 is 15.9 Å². The van der Waals surface area contributed by atoms with Crippen molar-refractivity contribution in [2.24, 2.45) is 0 Å². The molecule has 5 heteroatoms. The van der Waals surface area contributed by atoms with Crippen molar-refractivity contribution in [2.45, 2.75) is 13.0 Å². The van der Waals surface area contributed by atoms with Crippen molar-refractivity contribution in [1.29, 1.82) is 0 Å². The number of aryl methyl sites for hydroxylation is 1. The number of hydrogen-bond donors (Lipinski definition) is 1. The summed E-state index contributed by atoms with van der Waals surface area (Å²) in [5.41, 5.74) is 2.62. The summed E-state index contributed by atoms with van der Waals surface area (Å²) in [6, 6.07) is 13.1. The van der Waals surface area contributed by atoms with Gasteiger partial charge in [0.25, 0.3) is 0 Å². The monoisotopic (exact) mass is 375 g/mol. The highest BCUT2D eigenvalue weighted by atomic mass is 79.9. The smallest absolute Gasteiger partial charge is 0.126 e. The van der Waals surface area contributed by atoms with Crippen LogP contribution < -0.4 is 5.32 Å². The third-order valence-corrected chi connectivity index (χ3v) is 4.62. The fourth-order valence-electron chi connectivity index (χ4n) is 2.82. The zero-order valence-corrected chi connectivity index (χ0v) is 14.9. The van der Waals surface area contributed by atoms with Gasteiger partial charge in [-0.3, -0.25) is 4.90 Å². The third kappa shape index (κ3) is 4.53. The van der Waals surface area contributed by atoms with Crippen molar-refractivity contribution in [2.75, 3.05) is 38.2 Å². The Hall–Kier alpha value is -1.43. The van der Waals surface area contributed by atoms with Gasteiger partial charge < -0.3 is 10.1 Å². The van der Waals surface area contributed by atoms with Crippen molar-refractivity contribution >= 4 is 21.7 Å². The molecule has 0 bridgehead atoms. The molecular weight excluding hydrogens is 354 g/mol. The van der Waals surface area contributed by atoms with Crippen molar-refractivity contribution in [3.63, 3.8) is 0 Å². The van der Waals surface area contributed by atoms with Crippen molar-refractivity contribution in [1.82, 2.24) is 9.88 Å². The number of aromatic nitrogens is 1. The van der Waals surface area contributed by atoms with E-state index >= 15 is 0 Å². The molecule has 1 saturated heterocycles. The zero-order valence-electron chi connectivity index (χ0n) is 13.3. The van der Waals surface area contributed by atoms with Gasteiger partial charge in [0, 0.05) is 30.3 Å². The van der Waals surface area contributed by atoms with Gasteiger partial charge in [0.05, 0.1) is 19.3 Å². The van der Waals surface area contributed by atoms with E-state index in [0.29, 0.717) is 6.04 Å². The Morgan fingerprint density at radius 3 is 2.57 bits per heavy atom. The third-order valence-electron chi connectivity index (χ3n) is 4.15.